The van der Waals surface area contributed by atoms with Gasteiger partial charge in [0.05, 0.1) is 13.1 Å². The Morgan fingerprint density at radius 1 is 1.00 bits per heavy atom. The first kappa shape index (κ1) is 22.7. The molecule has 1 aromatic carbocycles. The van der Waals surface area contributed by atoms with E-state index in [4.69, 9.17) is 0 Å². The average molecular weight is 398 g/mol. The van der Waals surface area contributed by atoms with Crippen molar-refractivity contribution in [2.24, 2.45) is 5.92 Å². The van der Waals surface area contributed by atoms with E-state index in [0.717, 1.165) is 18.7 Å². The Kier molecular flexibility index (Phi) is 8.50. The fraction of sp³-hybridized carbons (Fsp3) is 0.500. The maximum absolute atomic E-state index is 13.1. The number of nitrogens with zero attached hydrogens (tertiary/aromatic N) is 3. The van der Waals surface area contributed by atoms with Crippen LogP contribution in [0.1, 0.15) is 52.3 Å². The first-order chi connectivity index (χ1) is 13.8. The number of hydrogen-bond donors (Lipinski definition) is 0. The molecule has 0 unspecified atom stereocenters. The molecule has 5 nitrogen and oxygen atoms in total. The van der Waals surface area contributed by atoms with E-state index in [2.05, 4.69) is 42.8 Å². The lowest BCUT2D eigenvalue weighted by molar-refractivity contribution is -0.141. The molecule has 0 N–H and O–H groups in total. The van der Waals surface area contributed by atoms with E-state index in [9.17, 15) is 9.59 Å². The van der Waals surface area contributed by atoms with Crippen LogP contribution in [0, 0.1) is 5.92 Å². The third-order valence-corrected chi connectivity index (χ3v) is 5.14. The predicted octanol–water partition coefficient (Wildman–Crippen LogP) is 4.17. The summed E-state index contributed by atoms with van der Waals surface area (Å²) in [6.45, 7) is 11.9. The van der Waals surface area contributed by atoms with E-state index >= 15 is 0 Å². The van der Waals surface area contributed by atoms with Crippen molar-refractivity contribution in [2.45, 2.75) is 60.2 Å². The first-order valence-corrected chi connectivity index (χ1v) is 10.5. The molecule has 1 heterocycles. The molecule has 0 aliphatic carbocycles. The topological polar surface area (TPSA) is 45.6 Å². The number of rotatable bonds is 10. The molecular formula is C24H35N3O2. The molecule has 0 saturated carbocycles. The molecule has 2 amide bonds. The fourth-order valence-electron chi connectivity index (χ4n) is 3.28. The van der Waals surface area contributed by atoms with Crippen LogP contribution in [0.3, 0.4) is 0 Å². The van der Waals surface area contributed by atoms with Crippen LogP contribution in [-0.4, -0.2) is 45.3 Å². The molecule has 0 bridgehead atoms. The first-order valence-electron chi connectivity index (χ1n) is 10.5. The summed E-state index contributed by atoms with van der Waals surface area (Å²) in [7, 11) is 0. The Morgan fingerprint density at radius 3 is 2.28 bits per heavy atom. The summed E-state index contributed by atoms with van der Waals surface area (Å²) in [6.07, 6.45) is 2.95. The third kappa shape index (κ3) is 7.08. The van der Waals surface area contributed by atoms with E-state index in [0.29, 0.717) is 19.0 Å². The zero-order valence-corrected chi connectivity index (χ0v) is 18.5. The maximum Gasteiger partial charge on any atom is 0.242 e. The number of benzene rings is 1. The molecule has 0 radical (unpaired) electrons. The highest BCUT2D eigenvalue weighted by molar-refractivity contribution is 5.84. The SMILES string of the molecule is CC(=O)N(CCC(C)C)CC(=O)N(Cc1cccn1Cc1ccccc1)C(C)C. The van der Waals surface area contributed by atoms with Crippen LogP contribution in [0.15, 0.2) is 48.7 Å². The second-order valence-corrected chi connectivity index (χ2v) is 8.35. The summed E-state index contributed by atoms with van der Waals surface area (Å²) in [5.41, 5.74) is 2.32. The van der Waals surface area contributed by atoms with E-state index in [1.165, 1.54) is 5.56 Å². The van der Waals surface area contributed by atoms with Crippen molar-refractivity contribution in [3.8, 4) is 0 Å². The summed E-state index contributed by atoms with van der Waals surface area (Å²) in [5, 5.41) is 0. The van der Waals surface area contributed by atoms with Gasteiger partial charge in [0, 0.05) is 37.9 Å². The van der Waals surface area contributed by atoms with Gasteiger partial charge in [-0.05, 0) is 43.9 Å². The Labute approximate surface area is 175 Å². The molecular weight excluding hydrogens is 362 g/mol. The summed E-state index contributed by atoms with van der Waals surface area (Å²) in [6, 6.07) is 14.4. The van der Waals surface area contributed by atoms with Gasteiger partial charge in [-0.2, -0.15) is 0 Å². The summed E-state index contributed by atoms with van der Waals surface area (Å²) < 4.78 is 2.18. The largest absolute Gasteiger partial charge is 0.345 e. The van der Waals surface area contributed by atoms with E-state index in [-0.39, 0.29) is 24.4 Å². The Morgan fingerprint density at radius 2 is 1.69 bits per heavy atom. The van der Waals surface area contributed by atoms with Gasteiger partial charge in [0.25, 0.3) is 0 Å². The Hall–Kier alpha value is -2.56. The molecule has 1 aromatic heterocycles. The molecule has 2 aromatic rings. The van der Waals surface area contributed by atoms with Gasteiger partial charge in [-0.1, -0.05) is 44.2 Å². The van der Waals surface area contributed by atoms with Crippen LogP contribution < -0.4 is 0 Å². The van der Waals surface area contributed by atoms with Crippen molar-refractivity contribution < 1.29 is 9.59 Å². The third-order valence-electron chi connectivity index (χ3n) is 5.14. The van der Waals surface area contributed by atoms with E-state index in [1.54, 1.807) is 11.8 Å². The number of hydrogen-bond acceptors (Lipinski definition) is 2. The second kappa shape index (κ2) is 10.8. The molecule has 29 heavy (non-hydrogen) atoms. The summed E-state index contributed by atoms with van der Waals surface area (Å²) >= 11 is 0. The molecule has 2 rings (SSSR count). The lowest BCUT2D eigenvalue weighted by Crippen LogP contribution is -2.45. The van der Waals surface area contributed by atoms with Gasteiger partial charge >= 0.3 is 0 Å². The molecule has 0 fully saturated rings. The van der Waals surface area contributed by atoms with Gasteiger partial charge in [-0.15, -0.1) is 0 Å². The Bertz CT molecular complexity index is 780. The minimum Gasteiger partial charge on any atom is -0.345 e. The minimum absolute atomic E-state index is 0.00795. The van der Waals surface area contributed by atoms with Crippen LogP contribution >= 0.6 is 0 Å². The molecule has 0 atom stereocenters. The number of carbonyl (C=O) groups is 2. The molecule has 0 spiro atoms. The highest BCUT2D eigenvalue weighted by atomic mass is 16.2. The van der Waals surface area contributed by atoms with Gasteiger partial charge in [0.15, 0.2) is 0 Å². The second-order valence-electron chi connectivity index (χ2n) is 8.35. The highest BCUT2D eigenvalue weighted by Gasteiger charge is 2.22. The van der Waals surface area contributed by atoms with Gasteiger partial charge in [0.2, 0.25) is 11.8 Å². The van der Waals surface area contributed by atoms with Gasteiger partial charge < -0.3 is 14.4 Å². The average Bonchev–Trinajstić information content (AvgIpc) is 3.09. The standard InChI is InChI=1S/C24H35N3O2/c1-19(2)13-15-25(21(5)28)18-24(29)27(20(3)4)17-23-12-9-14-26(23)16-22-10-7-6-8-11-22/h6-12,14,19-20H,13,15-18H2,1-5H3. The zero-order valence-electron chi connectivity index (χ0n) is 18.5. The van der Waals surface area contributed by atoms with Crippen molar-refractivity contribution in [1.29, 1.82) is 0 Å². The van der Waals surface area contributed by atoms with E-state index < -0.39 is 0 Å². The monoisotopic (exact) mass is 397 g/mol. The van der Waals surface area contributed by atoms with Crippen molar-refractivity contribution in [3.05, 3.63) is 59.9 Å². The van der Waals surface area contributed by atoms with Crippen LogP contribution in [0.25, 0.3) is 0 Å². The Balaban J connectivity index is 2.09. The predicted molar refractivity (Wildman–Crippen MR) is 117 cm³/mol. The van der Waals surface area contributed by atoms with Crippen LogP contribution in [0.2, 0.25) is 0 Å². The highest BCUT2D eigenvalue weighted by Crippen LogP contribution is 2.14. The quantitative estimate of drug-likeness (QED) is 0.604. The lowest BCUT2D eigenvalue weighted by Gasteiger charge is -2.30. The van der Waals surface area contributed by atoms with Crippen molar-refractivity contribution in [3.63, 3.8) is 0 Å². The van der Waals surface area contributed by atoms with Crippen LogP contribution in [-0.2, 0) is 22.7 Å². The maximum atomic E-state index is 13.1. The number of aromatic nitrogens is 1. The van der Waals surface area contributed by atoms with Crippen LogP contribution in [0.4, 0.5) is 0 Å². The molecule has 0 aliphatic heterocycles. The number of amides is 2. The minimum atomic E-state index is -0.0461. The molecule has 158 valence electrons. The van der Waals surface area contributed by atoms with Crippen molar-refractivity contribution in [2.75, 3.05) is 13.1 Å². The van der Waals surface area contributed by atoms with E-state index in [1.807, 2.05) is 43.0 Å². The van der Waals surface area contributed by atoms with Gasteiger partial charge in [-0.3, -0.25) is 9.59 Å². The van der Waals surface area contributed by atoms with Crippen molar-refractivity contribution >= 4 is 11.8 Å². The smallest absolute Gasteiger partial charge is 0.242 e. The zero-order chi connectivity index (χ0) is 21.4. The summed E-state index contributed by atoms with van der Waals surface area (Å²) in [4.78, 5) is 28.6. The molecule has 5 heteroatoms. The van der Waals surface area contributed by atoms with Gasteiger partial charge in [0.1, 0.15) is 0 Å². The molecule has 0 saturated heterocycles. The van der Waals surface area contributed by atoms with Crippen molar-refractivity contribution in [1.82, 2.24) is 14.4 Å². The van der Waals surface area contributed by atoms with Gasteiger partial charge in [-0.25, -0.2) is 0 Å². The number of carbonyl (C=O) groups excluding carboxylic acids is 2. The summed E-state index contributed by atoms with van der Waals surface area (Å²) in [5.74, 6) is 0.441. The van der Waals surface area contributed by atoms with Crippen LogP contribution in [0.5, 0.6) is 0 Å². The fourth-order valence-corrected chi connectivity index (χ4v) is 3.28. The normalized spacial score (nSPS) is 11.1. The lowest BCUT2D eigenvalue weighted by atomic mass is 10.1. The molecule has 0 aliphatic rings.